The lowest BCUT2D eigenvalue weighted by Gasteiger charge is -2.46. The summed E-state index contributed by atoms with van der Waals surface area (Å²) in [4.78, 5) is 53.2. The first-order chi connectivity index (χ1) is 18.0. The molecule has 6 rings (SSSR count). The third-order valence-corrected chi connectivity index (χ3v) is 10.2. The van der Waals surface area contributed by atoms with Crippen molar-refractivity contribution in [3.63, 3.8) is 0 Å². The maximum atomic E-state index is 13.9. The Balaban J connectivity index is 1.35. The number of rotatable bonds is 7. The summed E-state index contributed by atoms with van der Waals surface area (Å²) in [7, 11) is 0. The molecule has 3 N–H and O–H groups in total. The molecule has 0 spiro atoms. The van der Waals surface area contributed by atoms with Crippen LogP contribution in [-0.4, -0.2) is 64.9 Å². The predicted octanol–water partition coefficient (Wildman–Crippen LogP) is 2.02. The van der Waals surface area contributed by atoms with E-state index in [1.165, 1.54) is 4.90 Å². The van der Waals surface area contributed by atoms with Gasteiger partial charge in [0.15, 0.2) is 0 Å². The van der Waals surface area contributed by atoms with Crippen LogP contribution in [0.2, 0.25) is 0 Å². The highest BCUT2D eigenvalue weighted by Crippen LogP contribution is 2.66. The van der Waals surface area contributed by atoms with E-state index < -0.39 is 58.9 Å². The molecule has 0 radical (unpaired) electrons. The number of hydrogen-bond acceptors (Lipinski definition) is 5. The molecule has 2 heterocycles. The summed E-state index contributed by atoms with van der Waals surface area (Å²) in [5.74, 6) is -3.92. The van der Waals surface area contributed by atoms with Crippen molar-refractivity contribution >= 4 is 23.6 Å². The van der Waals surface area contributed by atoms with Crippen LogP contribution in [0.1, 0.15) is 66.2 Å². The number of halogens is 3. The van der Waals surface area contributed by atoms with Gasteiger partial charge in [0.2, 0.25) is 17.7 Å². The molecule has 2 saturated heterocycles. The van der Waals surface area contributed by atoms with Crippen LogP contribution in [0.15, 0.2) is 0 Å². The molecule has 6 atom stereocenters. The van der Waals surface area contributed by atoms with Crippen LogP contribution in [0.25, 0.3) is 0 Å². The molecule has 2 aliphatic heterocycles. The standard InChI is InChI=1S/C27H36F3N5O4/c1-24(2)10-14(20(36)34-24)7-15(11-31)32-21(37)18-17-16(25(17,3)4)12-35(18)22(38)19(33-23(39)27(28,29)30)26-6-5-13(8-26)9-26/h13-19H,5-10,12H2,1-4H3,(H,32,37)(H,33,39)(H,34,36)/t13?,14-,15+,16+,17+,18+,19?,26?/m1/s1. The molecule has 9 nitrogen and oxygen atoms in total. The summed E-state index contributed by atoms with van der Waals surface area (Å²) in [6.45, 7) is 7.91. The Labute approximate surface area is 225 Å². The third-order valence-electron chi connectivity index (χ3n) is 10.2. The van der Waals surface area contributed by atoms with Gasteiger partial charge in [-0.05, 0) is 75.5 Å². The summed E-state index contributed by atoms with van der Waals surface area (Å²) in [6.07, 6.45) is -2.03. The van der Waals surface area contributed by atoms with Gasteiger partial charge in [-0.15, -0.1) is 0 Å². The normalized spacial score (nSPS) is 36.6. The monoisotopic (exact) mass is 551 g/mol. The summed E-state index contributed by atoms with van der Waals surface area (Å²) in [5, 5.41) is 17.3. The highest BCUT2D eigenvalue weighted by atomic mass is 19.4. The smallest absolute Gasteiger partial charge is 0.351 e. The second-order valence-electron chi connectivity index (χ2n) is 13.7. The van der Waals surface area contributed by atoms with Crippen molar-refractivity contribution in [2.45, 2.75) is 96.1 Å². The Morgan fingerprint density at radius 3 is 2.33 bits per heavy atom. The molecule has 0 aromatic rings. The Hall–Kier alpha value is -2.84. The maximum Gasteiger partial charge on any atom is 0.471 e. The minimum Gasteiger partial charge on any atom is -0.351 e. The predicted molar refractivity (Wildman–Crippen MR) is 131 cm³/mol. The van der Waals surface area contributed by atoms with E-state index >= 15 is 0 Å². The number of piperidine rings is 1. The number of nitrogens with one attached hydrogen (secondary N) is 3. The molecule has 6 fully saturated rings. The Kier molecular flexibility index (Phi) is 6.28. The number of fused-ring (bicyclic) bond motifs is 2. The van der Waals surface area contributed by atoms with Crippen LogP contribution >= 0.6 is 0 Å². The number of hydrogen-bond donors (Lipinski definition) is 3. The van der Waals surface area contributed by atoms with Gasteiger partial charge < -0.3 is 20.9 Å². The lowest BCUT2D eigenvalue weighted by Crippen LogP contribution is -2.63. The van der Waals surface area contributed by atoms with E-state index in [1.54, 1.807) is 0 Å². The fourth-order valence-electron chi connectivity index (χ4n) is 8.11. The Morgan fingerprint density at radius 1 is 1.15 bits per heavy atom. The Morgan fingerprint density at radius 2 is 1.82 bits per heavy atom. The van der Waals surface area contributed by atoms with Crippen molar-refractivity contribution in [2.24, 2.45) is 34.5 Å². The molecule has 12 heteroatoms. The molecule has 4 amide bonds. The van der Waals surface area contributed by atoms with Crippen LogP contribution < -0.4 is 16.0 Å². The number of alkyl halides is 3. The van der Waals surface area contributed by atoms with Crippen LogP contribution in [0.3, 0.4) is 0 Å². The molecule has 4 aliphatic carbocycles. The lowest BCUT2D eigenvalue weighted by molar-refractivity contribution is -0.177. The zero-order valence-corrected chi connectivity index (χ0v) is 22.7. The topological polar surface area (TPSA) is 131 Å². The summed E-state index contributed by atoms with van der Waals surface area (Å²) >= 11 is 0. The average Bonchev–Trinajstić information content (AvgIpc) is 3.37. The number of amides is 4. The van der Waals surface area contributed by atoms with Crippen molar-refractivity contribution in [3.8, 4) is 6.07 Å². The molecule has 0 aromatic carbocycles. The zero-order chi connectivity index (χ0) is 28.7. The van der Waals surface area contributed by atoms with Gasteiger partial charge in [0, 0.05) is 23.4 Å². The average molecular weight is 552 g/mol. The second-order valence-corrected chi connectivity index (χ2v) is 13.7. The van der Waals surface area contributed by atoms with Crippen molar-refractivity contribution in [2.75, 3.05) is 6.54 Å². The minimum absolute atomic E-state index is 0.0201. The van der Waals surface area contributed by atoms with E-state index in [-0.39, 0.29) is 36.1 Å². The van der Waals surface area contributed by atoms with E-state index in [4.69, 9.17) is 0 Å². The van der Waals surface area contributed by atoms with Gasteiger partial charge in [0.05, 0.1) is 6.07 Å². The van der Waals surface area contributed by atoms with Crippen molar-refractivity contribution in [1.82, 2.24) is 20.9 Å². The van der Waals surface area contributed by atoms with Gasteiger partial charge in [-0.2, -0.15) is 18.4 Å². The van der Waals surface area contributed by atoms with Gasteiger partial charge in [-0.25, -0.2) is 0 Å². The summed E-state index contributed by atoms with van der Waals surface area (Å²) < 4.78 is 39.6. The number of carbonyl (C=O) groups excluding carboxylic acids is 4. The minimum atomic E-state index is -5.13. The molecule has 39 heavy (non-hydrogen) atoms. The van der Waals surface area contributed by atoms with Gasteiger partial charge >= 0.3 is 12.1 Å². The van der Waals surface area contributed by atoms with E-state index in [2.05, 4.69) is 10.6 Å². The molecular weight excluding hydrogens is 515 g/mol. The molecule has 1 unspecified atom stereocenters. The summed E-state index contributed by atoms with van der Waals surface area (Å²) in [6, 6.07) is -1.26. The van der Waals surface area contributed by atoms with Gasteiger partial charge in [-0.1, -0.05) is 13.8 Å². The lowest BCUT2D eigenvalue weighted by atomic mass is 9.64. The Bertz CT molecular complexity index is 1130. The number of nitrogens with zero attached hydrogens (tertiary/aromatic N) is 2. The van der Waals surface area contributed by atoms with Crippen LogP contribution in [-0.2, 0) is 19.2 Å². The largest absolute Gasteiger partial charge is 0.471 e. The van der Waals surface area contributed by atoms with E-state index in [0.717, 1.165) is 6.42 Å². The van der Waals surface area contributed by atoms with Crippen molar-refractivity contribution in [3.05, 3.63) is 0 Å². The number of likely N-dealkylation sites (tertiary alicyclic amines) is 1. The molecule has 4 saturated carbocycles. The van der Waals surface area contributed by atoms with Crippen LogP contribution in [0, 0.1) is 45.8 Å². The fourth-order valence-corrected chi connectivity index (χ4v) is 8.11. The van der Waals surface area contributed by atoms with Crippen LogP contribution in [0.5, 0.6) is 0 Å². The maximum absolute atomic E-state index is 13.9. The zero-order valence-electron chi connectivity index (χ0n) is 22.7. The highest BCUT2D eigenvalue weighted by molar-refractivity contribution is 5.95. The van der Waals surface area contributed by atoms with Gasteiger partial charge in [0.25, 0.3) is 0 Å². The van der Waals surface area contributed by atoms with E-state index in [1.807, 2.05) is 39.1 Å². The van der Waals surface area contributed by atoms with Gasteiger partial charge in [-0.3, -0.25) is 19.2 Å². The van der Waals surface area contributed by atoms with E-state index in [0.29, 0.717) is 31.6 Å². The van der Waals surface area contributed by atoms with Crippen LogP contribution in [0.4, 0.5) is 13.2 Å². The third kappa shape index (κ3) is 4.65. The highest BCUT2D eigenvalue weighted by Gasteiger charge is 2.70. The van der Waals surface area contributed by atoms with Gasteiger partial charge in [0.1, 0.15) is 18.1 Å². The number of nitriles is 1. The molecule has 2 bridgehead atoms. The number of carbonyl (C=O) groups is 4. The first-order valence-corrected chi connectivity index (χ1v) is 13.7. The first kappa shape index (κ1) is 27.7. The first-order valence-electron chi connectivity index (χ1n) is 13.7. The molecule has 214 valence electrons. The SMILES string of the molecule is CC1(C)C[C@@H](C[C@@H](C#N)NC(=O)[C@@H]2[C@@H]3[C@H](CN2C(=O)C(NC(=O)C(F)(F)F)C24CCC(C2)C4)C3(C)C)C(=O)N1. The molecule has 0 aromatic heterocycles. The summed E-state index contributed by atoms with van der Waals surface area (Å²) in [5.41, 5.74) is -1.40. The second kappa shape index (κ2) is 8.83. The van der Waals surface area contributed by atoms with Crippen molar-refractivity contribution in [1.29, 1.82) is 5.26 Å². The molecule has 6 aliphatic rings. The molecular formula is C27H36F3N5O4. The van der Waals surface area contributed by atoms with Crippen molar-refractivity contribution < 1.29 is 32.3 Å². The quantitative estimate of drug-likeness (QED) is 0.446. The fraction of sp³-hybridized carbons (Fsp3) is 0.815. The van der Waals surface area contributed by atoms with E-state index in [9.17, 15) is 37.6 Å².